The molecule has 0 amide bonds. The minimum absolute atomic E-state index is 0.0867. The average Bonchev–Trinajstić information content (AvgIpc) is 2.41. The summed E-state index contributed by atoms with van der Waals surface area (Å²) in [4.78, 5) is 10.5. The Bertz CT molecular complexity index is 452. The summed E-state index contributed by atoms with van der Waals surface area (Å²) in [6, 6.07) is 2.61. The fourth-order valence-electron chi connectivity index (χ4n) is 1.42. The standard InChI is InChI=1S/C12H18N2O6/c1-17-3-5-19-11-8-10(14(15)16)12(7-9(11)13)20-6-4-18-2/h7-8H,3-6,13H2,1-2H3. The Morgan fingerprint density at radius 3 is 2.10 bits per heavy atom. The van der Waals surface area contributed by atoms with Gasteiger partial charge in [-0.1, -0.05) is 0 Å². The number of methoxy groups -OCH3 is 2. The zero-order chi connectivity index (χ0) is 15.0. The van der Waals surface area contributed by atoms with Crippen LogP contribution in [-0.2, 0) is 9.47 Å². The van der Waals surface area contributed by atoms with Gasteiger partial charge in [-0.05, 0) is 0 Å². The van der Waals surface area contributed by atoms with Crippen molar-refractivity contribution in [2.24, 2.45) is 0 Å². The first-order chi connectivity index (χ1) is 9.60. The van der Waals surface area contributed by atoms with Crippen LogP contribution in [0.25, 0.3) is 0 Å². The predicted molar refractivity (Wildman–Crippen MR) is 72.3 cm³/mol. The molecule has 0 unspecified atom stereocenters. The van der Waals surface area contributed by atoms with Gasteiger partial charge in [-0.3, -0.25) is 10.1 Å². The van der Waals surface area contributed by atoms with Crippen molar-refractivity contribution in [1.29, 1.82) is 0 Å². The predicted octanol–water partition coefficient (Wildman–Crippen LogP) is 1.23. The number of rotatable bonds is 9. The van der Waals surface area contributed by atoms with Gasteiger partial charge in [0.05, 0.1) is 29.9 Å². The molecule has 112 valence electrons. The van der Waals surface area contributed by atoms with Gasteiger partial charge >= 0.3 is 5.69 Å². The second-order valence-electron chi connectivity index (χ2n) is 3.80. The lowest BCUT2D eigenvalue weighted by Gasteiger charge is -2.11. The first kappa shape index (κ1) is 16.0. The highest BCUT2D eigenvalue weighted by molar-refractivity contribution is 5.64. The van der Waals surface area contributed by atoms with Gasteiger partial charge in [0, 0.05) is 20.3 Å². The quantitative estimate of drug-likeness (QED) is 0.315. The van der Waals surface area contributed by atoms with Crippen molar-refractivity contribution in [2.45, 2.75) is 0 Å². The SMILES string of the molecule is COCCOc1cc([N+](=O)[O-])c(OCCOC)cc1N. The summed E-state index contributed by atoms with van der Waals surface area (Å²) < 4.78 is 20.2. The highest BCUT2D eigenvalue weighted by atomic mass is 16.6. The molecule has 20 heavy (non-hydrogen) atoms. The molecule has 2 N–H and O–H groups in total. The number of nitro groups is 1. The molecule has 1 aromatic rings. The van der Waals surface area contributed by atoms with Crippen molar-refractivity contribution in [1.82, 2.24) is 0 Å². The summed E-state index contributed by atoms with van der Waals surface area (Å²) in [7, 11) is 3.04. The number of ether oxygens (including phenoxy) is 4. The van der Waals surface area contributed by atoms with Gasteiger partial charge in [0.25, 0.3) is 0 Å². The van der Waals surface area contributed by atoms with Crippen molar-refractivity contribution >= 4 is 11.4 Å². The lowest BCUT2D eigenvalue weighted by Crippen LogP contribution is -2.09. The third kappa shape index (κ3) is 4.56. The number of nitrogens with two attached hydrogens (primary N) is 1. The van der Waals surface area contributed by atoms with Gasteiger partial charge in [0.2, 0.25) is 0 Å². The molecule has 0 aliphatic heterocycles. The van der Waals surface area contributed by atoms with Crippen LogP contribution in [0, 0.1) is 10.1 Å². The molecule has 8 nitrogen and oxygen atoms in total. The van der Waals surface area contributed by atoms with Crippen LogP contribution >= 0.6 is 0 Å². The van der Waals surface area contributed by atoms with Gasteiger partial charge in [-0.2, -0.15) is 0 Å². The molecule has 0 saturated carbocycles. The minimum Gasteiger partial charge on any atom is -0.489 e. The van der Waals surface area contributed by atoms with Gasteiger partial charge in [-0.15, -0.1) is 0 Å². The first-order valence-electron chi connectivity index (χ1n) is 5.91. The zero-order valence-corrected chi connectivity index (χ0v) is 11.5. The van der Waals surface area contributed by atoms with E-state index in [9.17, 15) is 10.1 Å². The largest absolute Gasteiger partial charge is 0.489 e. The highest BCUT2D eigenvalue weighted by Crippen LogP contribution is 2.36. The van der Waals surface area contributed by atoms with E-state index in [1.807, 2.05) is 0 Å². The molecule has 0 heterocycles. The Hall–Kier alpha value is -2.06. The molecule has 0 bridgehead atoms. The number of benzene rings is 1. The average molecular weight is 286 g/mol. The number of nitrogens with zero attached hydrogens (tertiary/aromatic N) is 1. The van der Waals surface area contributed by atoms with Crippen LogP contribution in [0.2, 0.25) is 0 Å². The molecule has 0 atom stereocenters. The smallest absolute Gasteiger partial charge is 0.314 e. The number of nitrogen functional groups attached to an aromatic ring is 1. The van der Waals surface area contributed by atoms with Crippen LogP contribution < -0.4 is 15.2 Å². The molecule has 0 aromatic heterocycles. The van der Waals surface area contributed by atoms with E-state index in [0.717, 1.165) is 0 Å². The summed E-state index contributed by atoms with van der Waals surface area (Å²) in [5.74, 6) is 0.316. The molecule has 0 saturated heterocycles. The van der Waals surface area contributed by atoms with Gasteiger partial charge in [0.1, 0.15) is 19.0 Å². The Morgan fingerprint density at radius 1 is 1.05 bits per heavy atom. The first-order valence-corrected chi connectivity index (χ1v) is 5.91. The van der Waals surface area contributed by atoms with Crippen LogP contribution in [-0.4, -0.2) is 45.6 Å². The Balaban J connectivity index is 2.89. The second kappa shape index (κ2) is 8.18. The fourth-order valence-corrected chi connectivity index (χ4v) is 1.42. The molecule has 0 aliphatic carbocycles. The molecule has 0 aliphatic rings. The summed E-state index contributed by atoms with van der Waals surface area (Å²) in [5.41, 5.74) is 5.83. The Kier molecular flexibility index (Phi) is 6.54. The molecule has 1 rings (SSSR count). The topological polar surface area (TPSA) is 106 Å². The number of nitro benzene ring substituents is 1. The molecular weight excluding hydrogens is 268 g/mol. The maximum Gasteiger partial charge on any atom is 0.314 e. The monoisotopic (exact) mass is 286 g/mol. The summed E-state index contributed by atoms with van der Waals surface area (Å²) in [6.45, 7) is 1.13. The molecule has 0 spiro atoms. The van der Waals surface area contributed by atoms with Crippen LogP contribution in [0.1, 0.15) is 0 Å². The Morgan fingerprint density at radius 2 is 1.60 bits per heavy atom. The van der Waals surface area contributed by atoms with Crippen LogP contribution in [0.4, 0.5) is 11.4 Å². The molecule has 8 heteroatoms. The van der Waals surface area contributed by atoms with Crippen molar-refractivity contribution in [2.75, 3.05) is 46.4 Å². The molecular formula is C12H18N2O6. The summed E-state index contributed by atoms with van der Waals surface area (Å²) >= 11 is 0. The number of hydrogen-bond donors (Lipinski definition) is 1. The van der Waals surface area contributed by atoms with Crippen molar-refractivity contribution in [3.8, 4) is 11.5 Å². The van der Waals surface area contributed by atoms with E-state index in [0.29, 0.717) is 13.2 Å². The van der Waals surface area contributed by atoms with E-state index in [1.165, 1.54) is 26.4 Å². The van der Waals surface area contributed by atoms with Crippen molar-refractivity contribution in [3.05, 3.63) is 22.2 Å². The van der Waals surface area contributed by atoms with Gasteiger partial charge < -0.3 is 24.7 Å². The lowest BCUT2D eigenvalue weighted by molar-refractivity contribution is -0.385. The van der Waals surface area contributed by atoms with Crippen molar-refractivity contribution in [3.63, 3.8) is 0 Å². The van der Waals surface area contributed by atoms with E-state index < -0.39 is 4.92 Å². The maximum absolute atomic E-state index is 11.0. The third-order valence-corrected chi connectivity index (χ3v) is 2.38. The van der Waals surface area contributed by atoms with Gasteiger partial charge in [-0.25, -0.2) is 0 Å². The molecule has 1 aromatic carbocycles. The van der Waals surface area contributed by atoms with Crippen LogP contribution in [0.5, 0.6) is 11.5 Å². The van der Waals surface area contributed by atoms with E-state index in [4.69, 9.17) is 24.7 Å². The zero-order valence-electron chi connectivity index (χ0n) is 11.5. The number of anilines is 1. The van der Waals surface area contributed by atoms with E-state index >= 15 is 0 Å². The van der Waals surface area contributed by atoms with Crippen molar-refractivity contribution < 1.29 is 23.9 Å². The van der Waals surface area contributed by atoms with Gasteiger partial charge in [0.15, 0.2) is 5.75 Å². The van der Waals surface area contributed by atoms with E-state index in [2.05, 4.69) is 0 Å². The normalized spacial score (nSPS) is 10.3. The van der Waals surface area contributed by atoms with Crippen LogP contribution in [0.15, 0.2) is 12.1 Å². The van der Waals surface area contributed by atoms with E-state index in [1.54, 1.807) is 0 Å². The van der Waals surface area contributed by atoms with Crippen LogP contribution in [0.3, 0.4) is 0 Å². The Labute approximate surface area is 116 Å². The third-order valence-electron chi connectivity index (χ3n) is 2.38. The molecule has 0 fully saturated rings. The number of hydrogen-bond acceptors (Lipinski definition) is 7. The highest BCUT2D eigenvalue weighted by Gasteiger charge is 2.19. The fraction of sp³-hybridized carbons (Fsp3) is 0.500. The summed E-state index contributed by atoms with van der Waals surface area (Å²) in [6.07, 6.45) is 0. The van der Waals surface area contributed by atoms with E-state index in [-0.39, 0.29) is 36.1 Å². The maximum atomic E-state index is 11.0. The molecule has 0 radical (unpaired) electrons. The summed E-state index contributed by atoms with van der Waals surface area (Å²) in [5, 5.41) is 11.0. The lowest BCUT2D eigenvalue weighted by atomic mass is 10.2. The second-order valence-corrected chi connectivity index (χ2v) is 3.80. The minimum atomic E-state index is -0.551.